The van der Waals surface area contributed by atoms with Crippen LogP contribution in [0.15, 0.2) is 18.3 Å². The molecule has 0 saturated carbocycles. The summed E-state index contributed by atoms with van der Waals surface area (Å²) in [6.07, 6.45) is 4.58. The summed E-state index contributed by atoms with van der Waals surface area (Å²) in [6.45, 7) is 0.541. The van der Waals surface area contributed by atoms with E-state index in [0.717, 1.165) is 30.2 Å². The SMILES string of the molecule is Cl.NCCc1c[nH]c(=S)n1C1CCc2c(F)cc(F)cc2C1. The summed E-state index contributed by atoms with van der Waals surface area (Å²) in [5, 5.41) is 0. The van der Waals surface area contributed by atoms with Gasteiger partial charge in [0.15, 0.2) is 4.77 Å². The smallest absolute Gasteiger partial charge is 0.177 e. The number of aromatic amines is 1. The van der Waals surface area contributed by atoms with Crippen molar-refractivity contribution in [1.82, 2.24) is 9.55 Å². The minimum absolute atomic E-state index is 0. The van der Waals surface area contributed by atoms with Crippen molar-refractivity contribution >= 4 is 24.6 Å². The number of imidazole rings is 1. The van der Waals surface area contributed by atoms with Gasteiger partial charge in [-0.15, -0.1) is 12.4 Å². The summed E-state index contributed by atoms with van der Waals surface area (Å²) in [7, 11) is 0. The van der Waals surface area contributed by atoms with Crippen LogP contribution >= 0.6 is 24.6 Å². The van der Waals surface area contributed by atoms with Crippen LogP contribution in [0.2, 0.25) is 0 Å². The molecule has 3 N–H and O–H groups in total. The molecule has 1 atom stereocenters. The van der Waals surface area contributed by atoms with E-state index in [1.807, 2.05) is 10.8 Å². The highest BCUT2D eigenvalue weighted by Crippen LogP contribution is 2.32. The Morgan fingerprint density at radius 1 is 1.36 bits per heavy atom. The number of hydrogen-bond acceptors (Lipinski definition) is 2. The third kappa shape index (κ3) is 3.09. The minimum atomic E-state index is -0.522. The highest BCUT2D eigenvalue weighted by Gasteiger charge is 2.25. The molecule has 1 aliphatic rings. The molecule has 0 spiro atoms. The van der Waals surface area contributed by atoms with E-state index in [9.17, 15) is 8.78 Å². The molecule has 0 radical (unpaired) electrons. The van der Waals surface area contributed by atoms with Crippen molar-refractivity contribution in [2.45, 2.75) is 31.7 Å². The first-order valence-corrected chi connectivity index (χ1v) is 7.46. The highest BCUT2D eigenvalue weighted by molar-refractivity contribution is 7.71. The van der Waals surface area contributed by atoms with E-state index in [4.69, 9.17) is 18.0 Å². The maximum atomic E-state index is 13.8. The Labute approximate surface area is 138 Å². The first kappa shape index (κ1) is 17.1. The van der Waals surface area contributed by atoms with Gasteiger partial charge < -0.3 is 15.3 Å². The first-order chi connectivity index (χ1) is 10.1. The monoisotopic (exact) mass is 345 g/mol. The van der Waals surface area contributed by atoms with Gasteiger partial charge in [-0.05, 0) is 55.2 Å². The van der Waals surface area contributed by atoms with Crippen LogP contribution in [0.5, 0.6) is 0 Å². The number of halogens is 3. The lowest BCUT2D eigenvalue weighted by atomic mass is 9.87. The molecule has 0 bridgehead atoms. The second kappa shape index (κ2) is 6.89. The molecule has 3 nitrogen and oxygen atoms in total. The number of nitrogens with two attached hydrogens (primary N) is 1. The van der Waals surface area contributed by atoms with E-state index >= 15 is 0 Å². The molecule has 120 valence electrons. The van der Waals surface area contributed by atoms with Gasteiger partial charge in [0.2, 0.25) is 0 Å². The minimum Gasteiger partial charge on any atom is -0.337 e. The molecular weight excluding hydrogens is 328 g/mol. The molecule has 1 unspecified atom stereocenters. The summed E-state index contributed by atoms with van der Waals surface area (Å²) < 4.78 is 29.9. The molecule has 0 saturated heterocycles. The predicted molar refractivity (Wildman–Crippen MR) is 87.0 cm³/mol. The second-order valence-corrected chi connectivity index (χ2v) is 5.80. The lowest BCUT2D eigenvalue weighted by Gasteiger charge is -2.27. The Morgan fingerprint density at radius 3 is 2.86 bits per heavy atom. The lowest BCUT2D eigenvalue weighted by molar-refractivity contribution is 0.416. The predicted octanol–water partition coefficient (Wildman–Crippen LogP) is 3.48. The fraction of sp³-hybridized carbons (Fsp3) is 0.400. The third-order valence-electron chi connectivity index (χ3n) is 4.09. The molecule has 0 amide bonds. The molecule has 1 aromatic carbocycles. The van der Waals surface area contributed by atoms with Gasteiger partial charge in [0.1, 0.15) is 11.6 Å². The van der Waals surface area contributed by atoms with Crippen LogP contribution in [0, 0.1) is 16.4 Å². The Morgan fingerprint density at radius 2 is 2.14 bits per heavy atom. The lowest BCUT2D eigenvalue weighted by Crippen LogP contribution is -2.22. The van der Waals surface area contributed by atoms with Crippen molar-refractivity contribution in [3.8, 4) is 0 Å². The van der Waals surface area contributed by atoms with Gasteiger partial charge in [0.25, 0.3) is 0 Å². The topological polar surface area (TPSA) is 46.7 Å². The normalized spacial score (nSPS) is 17.0. The molecule has 2 aromatic rings. The van der Waals surface area contributed by atoms with Crippen LogP contribution in [0.1, 0.15) is 29.3 Å². The van der Waals surface area contributed by atoms with Gasteiger partial charge in [-0.1, -0.05) is 0 Å². The van der Waals surface area contributed by atoms with Gasteiger partial charge in [-0.25, -0.2) is 8.78 Å². The summed E-state index contributed by atoms with van der Waals surface area (Å²) in [5.74, 6) is -0.963. The molecule has 1 aromatic heterocycles. The van der Waals surface area contributed by atoms with Gasteiger partial charge in [0.05, 0.1) is 0 Å². The molecule has 1 aliphatic carbocycles. The van der Waals surface area contributed by atoms with Gasteiger partial charge in [0, 0.05) is 30.4 Å². The van der Waals surface area contributed by atoms with Crippen molar-refractivity contribution in [2.75, 3.05) is 6.54 Å². The van der Waals surface area contributed by atoms with Crippen LogP contribution in [-0.2, 0) is 19.3 Å². The maximum absolute atomic E-state index is 13.8. The van der Waals surface area contributed by atoms with Crippen LogP contribution < -0.4 is 5.73 Å². The average Bonchev–Trinajstić information content (AvgIpc) is 2.79. The first-order valence-electron chi connectivity index (χ1n) is 7.05. The summed E-state index contributed by atoms with van der Waals surface area (Å²) >= 11 is 5.34. The van der Waals surface area contributed by atoms with Crippen molar-refractivity contribution in [3.05, 3.63) is 51.6 Å². The number of nitrogens with one attached hydrogen (secondary N) is 1. The van der Waals surface area contributed by atoms with E-state index < -0.39 is 11.6 Å². The summed E-state index contributed by atoms with van der Waals surface area (Å²) in [5.41, 5.74) is 8.05. The van der Waals surface area contributed by atoms with Crippen LogP contribution in [-0.4, -0.2) is 16.1 Å². The Hall–Kier alpha value is -1.24. The molecule has 1 heterocycles. The molecular formula is C15H18ClF2N3S. The Balaban J connectivity index is 0.00000176. The zero-order valence-electron chi connectivity index (χ0n) is 11.9. The second-order valence-electron chi connectivity index (χ2n) is 5.42. The average molecular weight is 346 g/mol. The molecule has 7 heteroatoms. The standard InChI is InChI=1S/C15H17F2N3S.ClH/c16-10-5-9-6-11(1-2-13(9)14(17)7-10)20-12(3-4-18)8-19-15(20)21;/h5,7-8,11H,1-4,6,18H2,(H,19,21);1H. The number of benzene rings is 1. The van der Waals surface area contributed by atoms with Crippen LogP contribution in [0.4, 0.5) is 8.78 Å². The summed E-state index contributed by atoms with van der Waals surface area (Å²) in [6, 6.07) is 2.52. The van der Waals surface area contributed by atoms with Crippen molar-refractivity contribution in [1.29, 1.82) is 0 Å². The Kier molecular flexibility index (Phi) is 5.36. The molecule has 22 heavy (non-hydrogen) atoms. The number of nitrogens with zero attached hydrogens (tertiary/aromatic N) is 1. The fourth-order valence-corrected chi connectivity index (χ4v) is 3.49. The van der Waals surface area contributed by atoms with E-state index in [2.05, 4.69) is 4.98 Å². The quantitative estimate of drug-likeness (QED) is 0.837. The van der Waals surface area contributed by atoms with Crippen LogP contribution in [0.25, 0.3) is 0 Å². The molecule has 0 aliphatic heterocycles. The highest BCUT2D eigenvalue weighted by atomic mass is 35.5. The van der Waals surface area contributed by atoms with E-state index in [1.54, 1.807) is 0 Å². The van der Waals surface area contributed by atoms with Crippen molar-refractivity contribution in [3.63, 3.8) is 0 Å². The largest absolute Gasteiger partial charge is 0.337 e. The molecule has 0 fully saturated rings. The number of fused-ring (bicyclic) bond motifs is 1. The van der Waals surface area contributed by atoms with E-state index in [-0.39, 0.29) is 18.4 Å². The number of rotatable bonds is 3. The maximum Gasteiger partial charge on any atom is 0.177 e. The zero-order valence-corrected chi connectivity index (χ0v) is 13.6. The fourth-order valence-electron chi connectivity index (χ4n) is 3.16. The number of H-pyrrole nitrogens is 1. The Bertz CT molecular complexity index is 726. The molecule has 3 rings (SSSR count). The van der Waals surface area contributed by atoms with Crippen molar-refractivity contribution in [2.24, 2.45) is 5.73 Å². The third-order valence-corrected chi connectivity index (χ3v) is 4.41. The number of hydrogen-bond donors (Lipinski definition) is 2. The van der Waals surface area contributed by atoms with Gasteiger partial charge in [-0.3, -0.25) is 0 Å². The van der Waals surface area contributed by atoms with E-state index in [1.165, 1.54) is 6.07 Å². The van der Waals surface area contributed by atoms with Crippen molar-refractivity contribution < 1.29 is 8.78 Å². The number of aromatic nitrogens is 2. The van der Waals surface area contributed by atoms with Gasteiger partial charge >= 0.3 is 0 Å². The van der Waals surface area contributed by atoms with Crippen LogP contribution in [0.3, 0.4) is 0 Å². The zero-order chi connectivity index (χ0) is 15.0. The van der Waals surface area contributed by atoms with E-state index in [0.29, 0.717) is 29.7 Å². The summed E-state index contributed by atoms with van der Waals surface area (Å²) in [4.78, 5) is 3.04. The van der Waals surface area contributed by atoms with Gasteiger partial charge in [-0.2, -0.15) is 0 Å².